The Morgan fingerprint density at radius 2 is 2.18 bits per heavy atom. The molecule has 1 heterocycles. The Labute approximate surface area is 109 Å². The zero-order chi connectivity index (χ0) is 12.4. The molecule has 1 aromatic heterocycles. The predicted molar refractivity (Wildman–Crippen MR) is 67.8 cm³/mol. The van der Waals surface area contributed by atoms with E-state index in [1.807, 2.05) is 6.07 Å². The van der Waals surface area contributed by atoms with Crippen molar-refractivity contribution in [1.82, 2.24) is 4.98 Å². The van der Waals surface area contributed by atoms with Gasteiger partial charge >= 0.3 is 0 Å². The molecule has 3 nitrogen and oxygen atoms in total. The number of oxazole rings is 1. The second kappa shape index (κ2) is 4.98. The summed E-state index contributed by atoms with van der Waals surface area (Å²) >= 11 is 11.8. The fourth-order valence-corrected chi connectivity index (χ4v) is 1.73. The smallest absolute Gasteiger partial charge is 0.212 e. The lowest BCUT2D eigenvalue weighted by Crippen LogP contribution is -1.86. The summed E-state index contributed by atoms with van der Waals surface area (Å²) < 4.78 is 10.8. The van der Waals surface area contributed by atoms with E-state index in [0.29, 0.717) is 22.4 Å². The molecule has 0 radical (unpaired) electrons. The first-order valence-electron chi connectivity index (χ1n) is 5.05. The fraction of sp³-hybridized carbons (Fsp3) is 0.250. The van der Waals surface area contributed by atoms with Crippen molar-refractivity contribution >= 4 is 23.2 Å². The monoisotopic (exact) mass is 271 g/mol. The molecule has 0 aliphatic rings. The lowest BCUT2D eigenvalue weighted by Gasteiger charge is -2.05. The van der Waals surface area contributed by atoms with Crippen molar-refractivity contribution in [3.05, 3.63) is 35.3 Å². The molecule has 0 fully saturated rings. The Morgan fingerprint density at radius 1 is 1.41 bits per heavy atom. The molecule has 0 N–H and O–H groups in total. The quantitative estimate of drug-likeness (QED) is 0.781. The number of methoxy groups -OCH3 is 1. The van der Waals surface area contributed by atoms with Crippen LogP contribution in [0.2, 0.25) is 5.02 Å². The van der Waals surface area contributed by atoms with Crippen LogP contribution in [0.3, 0.4) is 0 Å². The highest BCUT2D eigenvalue weighted by atomic mass is 35.5. The lowest BCUT2D eigenvalue weighted by atomic mass is 10.1. The first-order valence-corrected chi connectivity index (χ1v) is 5.87. The molecule has 1 aromatic carbocycles. The topological polar surface area (TPSA) is 35.3 Å². The number of aromatic nitrogens is 1. The maximum atomic E-state index is 5.89. The number of ether oxygens (including phenoxy) is 1. The third kappa shape index (κ3) is 2.56. The van der Waals surface area contributed by atoms with E-state index in [2.05, 4.69) is 4.98 Å². The van der Waals surface area contributed by atoms with Crippen LogP contribution in [0, 0.1) is 0 Å². The van der Waals surface area contributed by atoms with Crippen molar-refractivity contribution in [2.75, 3.05) is 7.11 Å². The molecule has 0 spiro atoms. The van der Waals surface area contributed by atoms with Crippen LogP contribution in [-0.4, -0.2) is 12.1 Å². The highest BCUT2D eigenvalue weighted by Crippen LogP contribution is 2.34. The summed E-state index contributed by atoms with van der Waals surface area (Å²) in [6.45, 7) is 1.80. The van der Waals surface area contributed by atoms with Gasteiger partial charge in [0.2, 0.25) is 5.89 Å². The van der Waals surface area contributed by atoms with E-state index in [-0.39, 0.29) is 5.38 Å². The molecule has 0 aliphatic heterocycles. The van der Waals surface area contributed by atoms with Crippen LogP contribution in [0.4, 0.5) is 0 Å². The molecule has 5 heteroatoms. The van der Waals surface area contributed by atoms with Crippen molar-refractivity contribution in [2.45, 2.75) is 12.3 Å². The van der Waals surface area contributed by atoms with Gasteiger partial charge in [-0.1, -0.05) is 11.6 Å². The van der Waals surface area contributed by atoms with E-state index >= 15 is 0 Å². The van der Waals surface area contributed by atoms with E-state index in [9.17, 15) is 0 Å². The molecule has 17 heavy (non-hydrogen) atoms. The van der Waals surface area contributed by atoms with E-state index < -0.39 is 0 Å². The van der Waals surface area contributed by atoms with Crippen LogP contribution in [0.1, 0.15) is 18.2 Å². The van der Waals surface area contributed by atoms with Gasteiger partial charge in [-0.25, -0.2) is 4.98 Å². The molecule has 90 valence electrons. The third-order valence-electron chi connectivity index (χ3n) is 2.29. The number of hydrogen-bond donors (Lipinski definition) is 0. The minimum absolute atomic E-state index is 0.262. The number of alkyl halides is 1. The van der Waals surface area contributed by atoms with Crippen LogP contribution in [0.15, 0.2) is 28.8 Å². The van der Waals surface area contributed by atoms with Gasteiger partial charge in [-0.3, -0.25) is 0 Å². The van der Waals surface area contributed by atoms with Crippen molar-refractivity contribution < 1.29 is 9.15 Å². The van der Waals surface area contributed by atoms with Gasteiger partial charge < -0.3 is 9.15 Å². The summed E-state index contributed by atoms with van der Waals surface area (Å²) in [5.41, 5.74) is 0.799. The maximum absolute atomic E-state index is 5.89. The standard InChI is InChI=1S/C12H11Cl2NO2/c1-7(13)12-15-6-11(17-12)9-4-3-8(14)5-10(9)16-2/h3-7H,1-2H3. The van der Waals surface area contributed by atoms with Crippen molar-refractivity contribution in [3.8, 4) is 17.1 Å². The highest BCUT2D eigenvalue weighted by Gasteiger charge is 2.14. The number of hydrogen-bond acceptors (Lipinski definition) is 3. The summed E-state index contributed by atoms with van der Waals surface area (Å²) in [6.07, 6.45) is 1.62. The van der Waals surface area contributed by atoms with Gasteiger partial charge in [0.05, 0.1) is 18.9 Å². The van der Waals surface area contributed by atoms with E-state index in [0.717, 1.165) is 5.56 Å². The number of rotatable bonds is 3. The first-order chi connectivity index (χ1) is 8.11. The largest absolute Gasteiger partial charge is 0.496 e. The lowest BCUT2D eigenvalue weighted by molar-refractivity contribution is 0.414. The molecular weight excluding hydrogens is 261 g/mol. The van der Waals surface area contributed by atoms with Crippen molar-refractivity contribution in [3.63, 3.8) is 0 Å². The van der Waals surface area contributed by atoms with Gasteiger partial charge in [-0.15, -0.1) is 11.6 Å². The fourth-order valence-electron chi connectivity index (χ4n) is 1.46. The third-order valence-corrected chi connectivity index (χ3v) is 2.71. The van der Waals surface area contributed by atoms with Gasteiger partial charge in [0, 0.05) is 5.02 Å². The number of benzene rings is 1. The van der Waals surface area contributed by atoms with Crippen LogP contribution >= 0.6 is 23.2 Å². The molecule has 0 saturated heterocycles. The molecule has 2 aromatic rings. The van der Waals surface area contributed by atoms with Crippen molar-refractivity contribution in [1.29, 1.82) is 0 Å². The number of nitrogens with zero attached hydrogens (tertiary/aromatic N) is 1. The minimum Gasteiger partial charge on any atom is -0.496 e. The van der Waals surface area contributed by atoms with Gasteiger partial charge in [-0.05, 0) is 25.1 Å². The van der Waals surface area contributed by atoms with Gasteiger partial charge in [0.15, 0.2) is 5.76 Å². The molecule has 0 amide bonds. The van der Waals surface area contributed by atoms with Crippen LogP contribution in [-0.2, 0) is 0 Å². The maximum Gasteiger partial charge on any atom is 0.212 e. The molecule has 1 atom stereocenters. The van der Waals surface area contributed by atoms with E-state index in [1.54, 1.807) is 32.4 Å². The van der Waals surface area contributed by atoms with E-state index in [4.69, 9.17) is 32.4 Å². The van der Waals surface area contributed by atoms with Crippen LogP contribution in [0.25, 0.3) is 11.3 Å². The summed E-state index contributed by atoms with van der Waals surface area (Å²) in [5.74, 6) is 1.74. The molecule has 1 unspecified atom stereocenters. The molecule has 0 aliphatic carbocycles. The summed E-state index contributed by atoms with van der Waals surface area (Å²) in [5, 5.41) is 0.345. The second-order valence-electron chi connectivity index (χ2n) is 3.52. The molecule has 0 bridgehead atoms. The zero-order valence-corrected chi connectivity index (χ0v) is 10.9. The normalized spacial score (nSPS) is 12.5. The Hall–Kier alpha value is -1.19. The van der Waals surface area contributed by atoms with E-state index in [1.165, 1.54) is 0 Å². The Kier molecular flexibility index (Phi) is 3.60. The Balaban J connectivity index is 2.44. The summed E-state index contributed by atoms with van der Waals surface area (Å²) in [4.78, 5) is 4.10. The SMILES string of the molecule is COc1cc(Cl)ccc1-c1cnc(C(C)Cl)o1. The Bertz CT molecular complexity index is 523. The van der Waals surface area contributed by atoms with Crippen molar-refractivity contribution in [2.24, 2.45) is 0 Å². The molecule has 2 rings (SSSR count). The Morgan fingerprint density at radius 3 is 2.76 bits per heavy atom. The summed E-state index contributed by atoms with van der Waals surface area (Å²) in [6, 6.07) is 5.32. The second-order valence-corrected chi connectivity index (χ2v) is 4.61. The van der Waals surface area contributed by atoms with Gasteiger partial charge in [0.1, 0.15) is 11.1 Å². The van der Waals surface area contributed by atoms with Crippen LogP contribution < -0.4 is 4.74 Å². The average Bonchev–Trinajstić information content (AvgIpc) is 2.78. The highest BCUT2D eigenvalue weighted by molar-refractivity contribution is 6.30. The first kappa shape index (κ1) is 12.3. The molecule has 0 saturated carbocycles. The number of halogens is 2. The van der Waals surface area contributed by atoms with Gasteiger partial charge in [-0.2, -0.15) is 0 Å². The zero-order valence-electron chi connectivity index (χ0n) is 9.41. The predicted octanol–water partition coefficient (Wildman–Crippen LogP) is 4.30. The average molecular weight is 272 g/mol. The van der Waals surface area contributed by atoms with Crippen LogP contribution in [0.5, 0.6) is 5.75 Å². The minimum atomic E-state index is -0.262. The molecular formula is C12H11Cl2NO2. The van der Waals surface area contributed by atoms with Gasteiger partial charge in [0.25, 0.3) is 0 Å². The summed E-state index contributed by atoms with van der Waals surface area (Å²) in [7, 11) is 1.58.